The highest BCUT2D eigenvalue weighted by Crippen LogP contribution is 2.05. The minimum absolute atomic E-state index is 0.0795. The molecular weight excluding hydrogens is 190 g/mol. The minimum atomic E-state index is -0.0795. The first kappa shape index (κ1) is 11.5. The van der Waals surface area contributed by atoms with E-state index in [1.54, 1.807) is 24.3 Å². The van der Waals surface area contributed by atoms with Crippen molar-refractivity contribution in [3.05, 3.63) is 29.8 Å². The van der Waals surface area contributed by atoms with Crippen LogP contribution in [0.25, 0.3) is 0 Å². The molecule has 3 N–H and O–H groups in total. The van der Waals surface area contributed by atoms with Crippen molar-refractivity contribution >= 4 is 11.6 Å². The molecule has 0 aliphatic carbocycles. The van der Waals surface area contributed by atoms with Gasteiger partial charge < -0.3 is 16.0 Å². The number of benzene rings is 1. The van der Waals surface area contributed by atoms with Crippen LogP contribution in [0.3, 0.4) is 0 Å². The lowest BCUT2D eigenvalue weighted by Gasteiger charge is -2.10. The number of likely N-dealkylation sites (N-methyl/N-ethyl adjacent to an activating group) is 1. The van der Waals surface area contributed by atoms with Crippen LogP contribution < -0.4 is 11.1 Å². The van der Waals surface area contributed by atoms with Gasteiger partial charge in [-0.1, -0.05) is 6.07 Å². The number of rotatable bonds is 4. The highest BCUT2D eigenvalue weighted by molar-refractivity contribution is 5.94. The van der Waals surface area contributed by atoms with Crippen molar-refractivity contribution in [3.63, 3.8) is 0 Å². The van der Waals surface area contributed by atoms with Gasteiger partial charge in [-0.05, 0) is 32.3 Å². The maximum Gasteiger partial charge on any atom is 0.251 e. The van der Waals surface area contributed by atoms with E-state index in [1.807, 2.05) is 19.0 Å². The summed E-state index contributed by atoms with van der Waals surface area (Å²) in [6, 6.07) is 6.96. The van der Waals surface area contributed by atoms with Crippen LogP contribution in [-0.4, -0.2) is 38.0 Å². The average molecular weight is 207 g/mol. The second-order valence-corrected chi connectivity index (χ2v) is 3.68. The molecule has 82 valence electrons. The maximum absolute atomic E-state index is 11.6. The van der Waals surface area contributed by atoms with Crippen molar-refractivity contribution < 1.29 is 4.79 Å². The molecule has 1 amide bonds. The van der Waals surface area contributed by atoms with Crippen LogP contribution in [-0.2, 0) is 0 Å². The third-order valence-electron chi connectivity index (χ3n) is 1.99. The second-order valence-electron chi connectivity index (χ2n) is 3.68. The SMILES string of the molecule is CN(C)CCNC(=O)c1cccc(N)c1. The van der Waals surface area contributed by atoms with Gasteiger partial charge in [-0.3, -0.25) is 4.79 Å². The Morgan fingerprint density at radius 2 is 2.20 bits per heavy atom. The van der Waals surface area contributed by atoms with Crippen LogP contribution in [0.4, 0.5) is 5.69 Å². The van der Waals surface area contributed by atoms with E-state index in [0.29, 0.717) is 17.8 Å². The Balaban J connectivity index is 2.47. The summed E-state index contributed by atoms with van der Waals surface area (Å²) in [4.78, 5) is 13.6. The zero-order valence-corrected chi connectivity index (χ0v) is 9.16. The molecule has 0 bridgehead atoms. The summed E-state index contributed by atoms with van der Waals surface area (Å²) >= 11 is 0. The molecule has 4 nitrogen and oxygen atoms in total. The quantitative estimate of drug-likeness (QED) is 0.709. The van der Waals surface area contributed by atoms with Gasteiger partial charge in [0.15, 0.2) is 0 Å². The van der Waals surface area contributed by atoms with Crippen molar-refractivity contribution in [1.82, 2.24) is 10.2 Å². The number of carbonyl (C=O) groups excluding carboxylic acids is 1. The van der Waals surface area contributed by atoms with Crippen LogP contribution in [0.2, 0.25) is 0 Å². The van der Waals surface area contributed by atoms with E-state index < -0.39 is 0 Å². The van der Waals surface area contributed by atoms with Crippen LogP contribution >= 0.6 is 0 Å². The van der Waals surface area contributed by atoms with Gasteiger partial charge in [-0.25, -0.2) is 0 Å². The third-order valence-corrected chi connectivity index (χ3v) is 1.99. The van der Waals surface area contributed by atoms with E-state index in [2.05, 4.69) is 5.32 Å². The molecule has 0 radical (unpaired) electrons. The van der Waals surface area contributed by atoms with Gasteiger partial charge in [0.25, 0.3) is 5.91 Å². The molecular formula is C11H17N3O. The molecule has 0 aliphatic heterocycles. The normalized spacial score (nSPS) is 10.3. The number of amides is 1. The van der Waals surface area contributed by atoms with Gasteiger partial charge in [0.1, 0.15) is 0 Å². The topological polar surface area (TPSA) is 58.4 Å². The number of hydrogen-bond acceptors (Lipinski definition) is 3. The molecule has 1 aromatic rings. The van der Waals surface area contributed by atoms with Gasteiger partial charge in [-0.15, -0.1) is 0 Å². The number of anilines is 1. The van der Waals surface area contributed by atoms with Crippen molar-refractivity contribution in [2.75, 3.05) is 32.9 Å². The lowest BCUT2D eigenvalue weighted by atomic mass is 10.2. The van der Waals surface area contributed by atoms with Gasteiger partial charge in [0.05, 0.1) is 0 Å². The monoisotopic (exact) mass is 207 g/mol. The summed E-state index contributed by atoms with van der Waals surface area (Å²) in [5.41, 5.74) is 6.80. The molecule has 0 unspecified atom stereocenters. The summed E-state index contributed by atoms with van der Waals surface area (Å²) in [7, 11) is 3.93. The van der Waals surface area contributed by atoms with Gasteiger partial charge in [0, 0.05) is 24.3 Å². The molecule has 0 atom stereocenters. The predicted octanol–water partition coefficient (Wildman–Crippen LogP) is 0.560. The first-order valence-electron chi connectivity index (χ1n) is 4.88. The van der Waals surface area contributed by atoms with Crippen molar-refractivity contribution in [2.45, 2.75) is 0 Å². The van der Waals surface area contributed by atoms with Crippen molar-refractivity contribution in [2.24, 2.45) is 0 Å². The fraction of sp³-hybridized carbons (Fsp3) is 0.364. The number of carbonyl (C=O) groups is 1. The zero-order valence-electron chi connectivity index (χ0n) is 9.16. The third kappa shape index (κ3) is 3.99. The molecule has 4 heteroatoms. The van der Waals surface area contributed by atoms with Crippen LogP contribution in [0.15, 0.2) is 24.3 Å². The molecule has 15 heavy (non-hydrogen) atoms. The van der Waals surface area contributed by atoms with Crippen molar-refractivity contribution in [3.8, 4) is 0 Å². The Kier molecular flexibility index (Phi) is 4.12. The summed E-state index contributed by atoms with van der Waals surface area (Å²) < 4.78 is 0. The molecule has 0 fully saturated rings. The smallest absolute Gasteiger partial charge is 0.251 e. The summed E-state index contributed by atoms with van der Waals surface area (Å²) in [6.45, 7) is 1.47. The van der Waals surface area contributed by atoms with E-state index in [4.69, 9.17) is 5.73 Å². The molecule has 0 aromatic heterocycles. The maximum atomic E-state index is 11.6. The fourth-order valence-electron chi connectivity index (χ4n) is 1.18. The van der Waals surface area contributed by atoms with Crippen LogP contribution in [0.5, 0.6) is 0 Å². The van der Waals surface area contributed by atoms with Gasteiger partial charge >= 0.3 is 0 Å². The molecule has 0 aliphatic rings. The number of nitrogen functional groups attached to an aromatic ring is 1. The van der Waals surface area contributed by atoms with Crippen molar-refractivity contribution in [1.29, 1.82) is 0 Å². The average Bonchev–Trinajstić information content (AvgIpc) is 2.17. The molecule has 1 rings (SSSR count). The molecule has 0 heterocycles. The lowest BCUT2D eigenvalue weighted by molar-refractivity contribution is 0.0951. The number of nitrogens with zero attached hydrogens (tertiary/aromatic N) is 1. The van der Waals surface area contributed by atoms with E-state index in [9.17, 15) is 4.79 Å². The van der Waals surface area contributed by atoms with Gasteiger partial charge in [0.2, 0.25) is 0 Å². The Morgan fingerprint density at radius 3 is 2.80 bits per heavy atom. The van der Waals surface area contributed by atoms with E-state index >= 15 is 0 Å². The minimum Gasteiger partial charge on any atom is -0.399 e. The lowest BCUT2D eigenvalue weighted by Crippen LogP contribution is -2.31. The van der Waals surface area contributed by atoms with E-state index in [-0.39, 0.29) is 5.91 Å². The first-order valence-corrected chi connectivity index (χ1v) is 4.88. The molecule has 0 saturated heterocycles. The van der Waals surface area contributed by atoms with E-state index in [0.717, 1.165) is 6.54 Å². The Hall–Kier alpha value is -1.55. The highest BCUT2D eigenvalue weighted by Gasteiger charge is 2.04. The zero-order chi connectivity index (χ0) is 11.3. The standard InChI is InChI=1S/C11H17N3O/c1-14(2)7-6-13-11(15)9-4-3-5-10(12)8-9/h3-5,8H,6-7,12H2,1-2H3,(H,13,15). The molecule has 1 aromatic carbocycles. The Morgan fingerprint density at radius 1 is 1.47 bits per heavy atom. The predicted molar refractivity (Wildman–Crippen MR) is 61.7 cm³/mol. The Bertz CT molecular complexity index is 336. The number of nitrogens with two attached hydrogens (primary N) is 1. The number of nitrogens with one attached hydrogen (secondary N) is 1. The van der Waals surface area contributed by atoms with Crippen LogP contribution in [0.1, 0.15) is 10.4 Å². The second kappa shape index (κ2) is 5.36. The van der Waals surface area contributed by atoms with E-state index in [1.165, 1.54) is 0 Å². The van der Waals surface area contributed by atoms with Gasteiger partial charge in [-0.2, -0.15) is 0 Å². The highest BCUT2D eigenvalue weighted by atomic mass is 16.1. The summed E-state index contributed by atoms with van der Waals surface area (Å²) in [6.07, 6.45) is 0. The summed E-state index contributed by atoms with van der Waals surface area (Å²) in [5, 5.41) is 2.82. The van der Waals surface area contributed by atoms with Crippen LogP contribution in [0, 0.1) is 0 Å². The largest absolute Gasteiger partial charge is 0.399 e. The Labute approximate surface area is 90.1 Å². The first-order chi connectivity index (χ1) is 7.09. The molecule has 0 saturated carbocycles. The summed E-state index contributed by atoms with van der Waals surface area (Å²) in [5.74, 6) is -0.0795. The number of hydrogen-bond donors (Lipinski definition) is 2. The molecule has 0 spiro atoms. The fourth-order valence-corrected chi connectivity index (χ4v) is 1.18.